The third-order valence-electron chi connectivity index (χ3n) is 12.9. The average Bonchev–Trinajstić information content (AvgIpc) is 3.42. The van der Waals surface area contributed by atoms with Gasteiger partial charge in [0, 0.05) is 73.3 Å². The van der Waals surface area contributed by atoms with Gasteiger partial charge >= 0.3 is 0 Å². The number of anilines is 1. The first kappa shape index (κ1) is 38.6. The summed E-state index contributed by atoms with van der Waals surface area (Å²) in [6, 6.07) is 17.6. The molecule has 13 heteroatoms. The molecule has 1 unspecified atom stereocenters. The normalized spacial score (nSPS) is 24.2. The molecule has 0 bridgehead atoms. The molecule has 4 heterocycles. The molecule has 12 nitrogen and oxygen atoms in total. The zero-order valence-electron chi connectivity index (χ0n) is 32.7. The van der Waals surface area contributed by atoms with Crippen molar-refractivity contribution in [2.45, 2.75) is 84.5 Å². The Morgan fingerprint density at radius 1 is 0.895 bits per heavy atom. The Morgan fingerprint density at radius 3 is 2.19 bits per heavy atom. The van der Waals surface area contributed by atoms with E-state index in [2.05, 4.69) is 54.2 Å². The van der Waals surface area contributed by atoms with E-state index >= 15 is 0 Å². The van der Waals surface area contributed by atoms with Crippen molar-refractivity contribution in [3.63, 3.8) is 0 Å². The number of carbonyl (C=O) groups is 5. The minimum atomic E-state index is -0.969. The van der Waals surface area contributed by atoms with Crippen LogP contribution in [0.15, 0.2) is 54.6 Å². The van der Waals surface area contributed by atoms with Crippen molar-refractivity contribution >= 4 is 46.8 Å². The van der Waals surface area contributed by atoms with Crippen molar-refractivity contribution in [1.82, 2.24) is 20.4 Å². The fraction of sp³-hybridized carbons (Fsp3) is 0.455. The molecular formula is C44H47ClN6O6. The van der Waals surface area contributed by atoms with Crippen LogP contribution in [0.3, 0.4) is 0 Å². The Bertz CT molecular complexity index is 2210. The number of halogens is 1. The molecule has 5 aliphatic rings. The van der Waals surface area contributed by atoms with E-state index in [1.54, 1.807) is 18.2 Å². The molecule has 5 amide bonds. The summed E-state index contributed by atoms with van der Waals surface area (Å²) in [5.41, 5.74) is 4.16. The van der Waals surface area contributed by atoms with E-state index in [1.165, 1.54) is 0 Å². The van der Waals surface area contributed by atoms with Gasteiger partial charge < -0.3 is 15.0 Å². The zero-order valence-corrected chi connectivity index (χ0v) is 33.4. The predicted molar refractivity (Wildman–Crippen MR) is 213 cm³/mol. The van der Waals surface area contributed by atoms with E-state index in [9.17, 15) is 29.2 Å². The molecule has 3 aromatic rings. The summed E-state index contributed by atoms with van der Waals surface area (Å²) in [5, 5.41) is 15.1. The fourth-order valence-corrected chi connectivity index (χ4v) is 10.3. The summed E-state index contributed by atoms with van der Waals surface area (Å²) >= 11 is 6.25. The molecule has 57 heavy (non-hydrogen) atoms. The molecule has 296 valence electrons. The summed E-state index contributed by atoms with van der Waals surface area (Å²) < 4.78 is 6.38. The van der Waals surface area contributed by atoms with Gasteiger partial charge in [-0.2, -0.15) is 5.26 Å². The maximum Gasteiger partial charge on any atom is 0.262 e. The van der Waals surface area contributed by atoms with Crippen LogP contribution in [0.25, 0.3) is 0 Å². The van der Waals surface area contributed by atoms with Crippen LogP contribution in [0, 0.1) is 28.1 Å². The van der Waals surface area contributed by atoms with Crippen molar-refractivity contribution in [1.29, 1.82) is 5.26 Å². The highest BCUT2D eigenvalue weighted by molar-refractivity contribution is 6.31. The van der Waals surface area contributed by atoms with E-state index < -0.39 is 23.8 Å². The lowest BCUT2D eigenvalue weighted by molar-refractivity contribution is -0.164. The molecule has 8 rings (SSSR count). The third kappa shape index (κ3) is 6.95. The largest absolute Gasteiger partial charge is 0.489 e. The average molecular weight is 791 g/mol. The van der Waals surface area contributed by atoms with Crippen LogP contribution in [-0.4, -0.2) is 83.7 Å². The topological polar surface area (TPSA) is 152 Å². The molecule has 0 aromatic heterocycles. The van der Waals surface area contributed by atoms with Gasteiger partial charge in [0.15, 0.2) is 0 Å². The fourth-order valence-electron chi connectivity index (χ4n) is 10.1. The Labute approximate surface area is 337 Å². The third-order valence-corrected chi connectivity index (χ3v) is 13.2. The number of ether oxygens (including phenoxy) is 1. The number of nitrogens with zero attached hydrogens (tertiary/aromatic N) is 4. The van der Waals surface area contributed by atoms with Crippen LogP contribution in [0.2, 0.25) is 5.02 Å². The van der Waals surface area contributed by atoms with Crippen LogP contribution in [0.5, 0.6) is 5.75 Å². The molecule has 1 atom stereocenters. The Hall–Kier alpha value is -5.25. The second-order valence-corrected chi connectivity index (χ2v) is 17.8. The van der Waals surface area contributed by atoms with Crippen molar-refractivity contribution < 1.29 is 28.7 Å². The van der Waals surface area contributed by atoms with Gasteiger partial charge in [-0.1, -0.05) is 39.3 Å². The molecule has 2 N–H and O–H groups in total. The molecule has 0 spiro atoms. The smallest absolute Gasteiger partial charge is 0.262 e. The van der Waals surface area contributed by atoms with Gasteiger partial charge in [0.05, 0.1) is 21.7 Å². The highest BCUT2D eigenvalue weighted by atomic mass is 35.5. The van der Waals surface area contributed by atoms with E-state index in [1.807, 2.05) is 36.4 Å². The molecule has 0 radical (unpaired) electrons. The number of piperidine rings is 2. The lowest BCUT2D eigenvalue weighted by atomic mass is 9.49. The number of fused-ring (bicyclic) bond motifs is 2. The summed E-state index contributed by atoms with van der Waals surface area (Å²) in [4.78, 5) is 70.2. The predicted octanol–water partition coefficient (Wildman–Crippen LogP) is 5.50. The van der Waals surface area contributed by atoms with Gasteiger partial charge in [-0.3, -0.25) is 39.1 Å². The van der Waals surface area contributed by atoms with Gasteiger partial charge in [-0.05, 0) is 91.3 Å². The molecular weight excluding hydrogens is 744 g/mol. The molecule has 1 saturated carbocycles. The van der Waals surface area contributed by atoms with Crippen molar-refractivity contribution in [2.75, 3.05) is 31.1 Å². The van der Waals surface area contributed by atoms with E-state index in [4.69, 9.17) is 16.3 Å². The SMILES string of the molecule is CC1(C)[C@H](NC(=O)c2ccc(N3CCC(CN4CCc5cc6c(cc5C4)C(=O)N(C4CCC(=O)NC4=O)C6=O)CC3)cc2)C(C)(C)[C@H]1Oc1ccc(C#N)c(Cl)c1. The maximum absolute atomic E-state index is 13.5. The summed E-state index contributed by atoms with van der Waals surface area (Å²) in [5.74, 6) is -0.935. The van der Waals surface area contributed by atoms with E-state index in [0.717, 1.165) is 67.2 Å². The van der Waals surface area contributed by atoms with Crippen LogP contribution >= 0.6 is 11.6 Å². The first-order chi connectivity index (χ1) is 27.1. The van der Waals surface area contributed by atoms with Gasteiger partial charge in [-0.25, -0.2) is 0 Å². The number of benzene rings is 3. The number of rotatable bonds is 8. The highest BCUT2D eigenvalue weighted by Gasteiger charge is 2.64. The van der Waals surface area contributed by atoms with Crippen LogP contribution in [0.1, 0.15) is 101 Å². The van der Waals surface area contributed by atoms with E-state index in [0.29, 0.717) is 45.5 Å². The summed E-state index contributed by atoms with van der Waals surface area (Å²) in [6.07, 6.45) is 2.89. The van der Waals surface area contributed by atoms with Crippen molar-refractivity contribution in [3.05, 3.63) is 93.0 Å². The standard InChI is InChI=1S/C44H47ClN6O6/c1-43(2)41(44(3,4)42(43)57-31-10-7-28(22-46)34(45)21-31)48-37(53)26-5-8-30(9-6-26)50-17-13-25(14-18-50)23-49-16-15-27-19-32-33(20-29(27)24-49)40(56)51(39(32)55)35-11-12-36(52)47-38(35)54/h5-10,19-21,25,35,41-42H,11-18,23-24H2,1-4H3,(H,48,53)(H,47,52,54)/t35?,41-,42-. The second kappa shape index (κ2) is 14.6. The van der Waals surface area contributed by atoms with Gasteiger partial charge in [0.25, 0.3) is 17.7 Å². The highest BCUT2D eigenvalue weighted by Crippen LogP contribution is 2.55. The molecule has 3 fully saturated rings. The van der Waals surface area contributed by atoms with Gasteiger partial charge in [0.1, 0.15) is 24.0 Å². The molecule has 4 aliphatic heterocycles. The summed E-state index contributed by atoms with van der Waals surface area (Å²) in [7, 11) is 0. The Balaban J connectivity index is 0.828. The van der Waals surface area contributed by atoms with Crippen LogP contribution in [0.4, 0.5) is 5.69 Å². The number of amides is 5. The monoisotopic (exact) mass is 790 g/mol. The van der Waals surface area contributed by atoms with Crippen LogP contribution < -0.4 is 20.3 Å². The summed E-state index contributed by atoms with van der Waals surface area (Å²) in [6.45, 7) is 12.7. The van der Waals surface area contributed by atoms with Gasteiger partial charge in [0.2, 0.25) is 11.8 Å². The molecule has 2 saturated heterocycles. The maximum atomic E-state index is 13.5. The number of nitriles is 1. The van der Waals surface area contributed by atoms with Crippen molar-refractivity contribution in [3.8, 4) is 11.8 Å². The number of nitrogens with one attached hydrogen (secondary N) is 2. The molecule has 3 aromatic carbocycles. The lowest BCUT2D eigenvalue weighted by Gasteiger charge is -2.63. The second-order valence-electron chi connectivity index (χ2n) is 17.4. The number of carbonyl (C=O) groups excluding carboxylic acids is 5. The van der Waals surface area contributed by atoms with Gasteiger partial charge in [-0.15, -0.1) is 0 Å². The lowest BCUT2D eigenvalue weighted by Crippen LogP contribution is -2.74. The van der Waals surface area contributed by atoms with Crippen LogP contribution in [-0.2, 0) is 22.6 Å². The Kier molecular flexibility index (Phi) is 9.89. The van der Waals surface area contributed by atoms with Crippen molar-refractivity contribution in [2.24, 2.45) is 16.7 Å². The number of hydrogen-bond donors (Lipinski definition) is 2. The number of hydrogen-bond acceptors (Lipinski definition) is 9. The minimum Gasteiger partial charge on any atom is -0.489 e. The zero-order chi connectivity index (χ0) is 40.4. The number of imide groups is 2. The van der Waals surface area contributed by atoms with E-state index in [-0.39, 0.29) is 47.6 Å². The Morgan fingerprint density at radius 2 is 1.56 bits per heavy atom. The quantitative estimate of drug-likeness (QED) is 0.282. The first-order valence-electron chi connectivity index (χ1n) is 19.8. The minimum absolute atomic E-state index is 0.0937. The first-order valence-corrected chi connectivity index (χ1v) is 20.2. The molecule has 1 aliphatic carbocycles.